The van der Waals surface area contributed by atoms with Gasteiger partial charge >= 0.3 is 0 Å². The number of nitrogens with zero attached hydrogens (tertiary/aromatic N) is 3. The standard InChI is InChI=1S/C25H24N4O3/c1-17-10-13-29(16-19-5-4-11-26-15-19)25(31)22(17)24(30)27-12-14-32-21-7-3-6-20-9-8-18(2)28-23(20)21/h3-11,13,15H,12,14,16H2,1-2H3,(H,27,30). The maximum atomic E-state index is 12.9. The summed E-state index contributed by atoms with van der Waals surface area (Å²) in [6.07, 6.45) is 5.07. The highest BCUT2D eigenvalue weighted by Crippen LogP contribution is 2.23. The van der Waals surface area contributed by atoms with E-state index in [1.165, 1.54) is 4.57 Å². The molecule has 0 saturated heterocycles. The number of fused-ring (bicyclic) bond motifs is 1. The fraction of sp³-hybridized carbons (Fsp3) is 0.200. The quantitative estimate of drug-likeness (QED) is 0.457. The Hall–Kier alpha value is -4.00. The van der Waals surface area contributed by atoms with Gasteiger partial charge < -0.3 is 14.6 Å². The molecular formula is C25H24N4O3. The van der Waals surface area contributed by atoms with E-state index in [1.807, 2.05) is 49.4 Å². The Bertz CT molecular complexity index is 1320. The van der Waals surface area contributed by atoms with Gasteiger partial charge in [-0.25, -0.2) is 4.98 Å². The van der Waals surface area contributed by atoms with Gasteiger partial charge in [-0.15, -0.1) is 0 Å². The van der Waals surface area contributed by atoms with E-state index in [0.29, 0.717) is 17.9 Å². The molecule has 0 fully saturated rings. The molecule has 32 heavy (non-hydrogen) atoms. The minimum Gasteiger partial charge on any atom is -0.489 e. The van der Waals surface area contributed by atoms with Crippen molar-refractivity contribution < 1.29 is 9.53 Å². The number of pyridine rings is 3. The van der Waals surface area contributed by atoms with Crippen molar-refractivity contribution in [1.82, 2.24) is 19.9 Å². The van der Waals surface area contributed by atoms with E-state index in [2.05, 4.69) is 15.3 Å². The highest BCUT2D eigenvalue weighted by atomic mass is 16.5. The molecule has 0 radical (unpaired) electrons. The number of aryl methyl sites for hydroxylation is 2. The van der Waals surface area contributed by atoms with Crippen LogP contribution in [-0.4, -0.2) is 33.6 Å². The van der Waals surface area contributed by atoms with Crippen LogP contribution in [0.1, 0.15) is 27.2 Å². The van der Waals surface area contributed by atoms with Crippen molar-refractivity contribution in [1.29, 1.82) is 0 Å². The summed E-state index contributed by atoms with van der Waals surface area (Å²) in [5.74, 6) is 0.249. The molecule has 7 nitrogen and oxygen atoms in total. The van der Waals surface area contributed by atoms with Crippen LogP contribution in [0.2, 0.25) is 0 Å². The monoisotopic (exact) mass is 428 g/mol. The highest BCUT2D eigenvalue weighted by molar-refractivity contribution is 5.95. The van der Waals surface area contributed by atoms with Gasteiger partial charge in [-0.05, 0) is 49.2 Å². The predicted molar refractivity (Wildman–Crippen MR) is 123 cm³/mol. The first-order valence-electron chi connectivity index (χ1n) is 10.4. The molecule has 0 aliphatic rings. The van der Waals surface area contributed by atoms with Crippen molar-refractivity contribution in [2.75, 3.05) is 13.2 Å². The minimum atomic E-state index is -0.413. The van der Waals surface area contributed by atoms with Gasteiger partial charge in [0.2, 0.25) is 0 Å². The lowest BCUT2D eigenvalue weighted by atomic mass is 10.1. The van der Waals surface area contributed by atoms with Gasteiger partial charge in [-0.1, -0.05) is 24.3 Å². The molecule has 3 aromatic heterocycles. The van der Waals surface area contributed by atoms with E-state index in [1.54, 1.807) is 31.6 Å². The number of amides is 1. The third kappa shape index (κ3) is 4.67. The van der Waals surface area contributed by atoms with Crippen LogP contribution >= 0.6 is 0 Å². The van der Waals surface area contributed by atoms with E-state index < -0.39 is 5.91 Å². The van der Waals surface area contributed by atoms with Gasteiger partial charge in [0, 0.05) is 29.7 Å². The lowest BCUT2D eigenvalue weighted by Gasteiger charge is -2.12. The van der Waals surface area contributed by atoms with Crippen LogP contribution in [0.25, 0.3) is 10.9 Å². The average molecular weight is 428 g/mol. The third-order valence-corrected chi connectivity index (χ3v) is 5.14. The number of hydrogen-bond acceptors (Lipinski definition) is 5. The summed E-state index contributed by atoms with van der Waals surface area (Å²) in [4.78, 5) is 34.3. The van der Waals surface area contributed by atoms with Crippen molar-refractivity contribution in [3.8, 4) is 5.75 Å². The number of rotatable bonds is 7. The fourth-order valence-electron chi connectivity index (χ4n) is 3.50. The summed E-state index contributed by atoms with van der Waals surface area (Å²) < 4.78 is 7.37. The van der Waals surface area contributed by atoms with Crippen LogP contribution < -0.4 is 15.6 Å². The molecule has 7 heteroatoms. The number of carbonyl (C=O) groups excluding carboxylic acids is 1. The fourth-order valence-corrected chi connectivity index (χ4v) is 3.50. The maximum Gasteiger partial charge on any atom is 0.263 e. The van der Waals surface area contributed by atoms with Gasteiger partial charge in [0.25, 0.3) is 11.5 Å². The van der Waals surface area contributed by atoms with Crippen LogP contribution in [0.3, 0.4) is 0 Å². The van der Waals surface area contributed by atoms with E-state index in [-0.39, 0.29) is 24.3 Å². The Morgan fingerprint density at radius 1 is 1.09 bits per heavy atom. The predicted octanol–water partition coefficient (Wildman–Crippen LogP) is 3.27. The molecule has 0 saturated carbocycles. The first-order valence-corrected chi connectivity index (χ1v) is 10.4. The first kappa shape index (κ1) is 21.2. The van der Waals surface area contributed by atoms with Crippen LogP contribution in [0.5, 0.6) is 5.75 Å². The summed E-state index contributed by atoms with van der Waals surface area (Å²) in [7, 11) is 0. The van der Waals surface area contributed by atoms with Crippen LogP contribution in [0.4, 0.5) is 0 Å². The topological polar surface area (TPSA) is 86.1 Å². The molecule has 4 aromatic rings. The molecule has 162 valence electrons. The Morgan fingerprint density at radius 2 is 1.97 bits per heavy atom. The SMILES string of the molecule is Cc1ccc2cccc(OCCNC(=O)c3c(C)ccn(Cc4cccnc4)c3=O)c2n1. The first-order chi connectivity index (χ1) is 15.5. The molecule has 0 atom stereocenters. The van der Waals surface area contributed by atoms with Crippen molar-refractivity contribution in [2.45, 2.75) is 20.4 Å². The lowest BCUT2D eigenvalue weighted by molar-refractivity contribution is 0.0944. The summed E-state index contributed by atoms with van der Waals surface area (Å²) >= 11 is 0. The van der Waals surface area contributed by atoms with Crippen LogP contribution in [0.15, 0.2) is 71.9 Å². The number of nitrogens with one attached hydrogen (secondary N) is 1. The summed E-state index contributed by atoms with van der Waals surface area (Å²) in [5.41, 5.74) is 3.02. The molecule has 0 aliphatic carbocycles. The number of carbonyl (C=O) groups is 1. The van der Waals surface area contributed by atoms with Crippen LogP contribution in [-0.2, 0) is 6.54 Å². The van der Waals surface area contributed by atoms with Crippen molar-refractivity contribution >= 4 is 16.8 Å². The summed E-state index contributed by atoms with van der Waals surface area (Å²) in [5, 5.41) is 3.78. The molecule has 0 bridgehead atoms. The largest absolute Gasteiger partial charge is 0.489 e. The zero-order valence-corrected chi connectivity index (χ0v) is 18.0. The molecule has 1 amide bonds. The average Bonchev–Trinajstić information content (AvgIpc) is 2.79. The number of para-hydroxylation sites is 1. The Morgan fingerprint density at radius 3 is 2.78 bits per heavy atom. The summed E-state index contributed by atoms with van der Waals surface area (Å²) in [6.45, 7) is 4.56. The molecule has 0 unspecified atom stereocenters. The number of benzene rings is 1. The molecular weight excluding hydrogens is 404 g/mol. The second kappa shape index (κ2) is 9.43. The summed E-state index contributed by atoms with van der Waals surface area (Å²) in [6, 6.07) is 15.2. The lowest BCUT2D eigenvalue weighted by Crippen LogP contribution is -2.36. The van der Waals surface area contributed by atoms with Crippen molar-refractivity contribution in [3.05, 3.63) is 99.9 Å². The van der Waals surface area contributed by atoms with E-state index >= 15 is 0 Å². The van der Waals surface area contributed by atoms with Crippen LogP contribution in [0, 0.1) is 13.8 Å². The Kier molecular flexibility index (Phi) is 6.26. The molecule has 0 spiro atoms. The van der Waals surface area contributed by atoms with Gasteiger partial charge in [-0.2, -0.15) is 0 Å². The van der Waals surface area contributed by atoms with E-state index in [9.17, 15) is 9.59 Å². The maximum absolute atomic E-state index is 12.9. The van der Waals surface area contributed by atoms with E-state index in [0.717, 1.165) is 22.2 Å². The second-order valence-electron chi connectivity index (χ2n) is 7.55. The number of aromatic nitrogens is 3. The smallest absolute Gasteiger partial charge is 0.263 e. The van der Waals surface area contributed by atoms with E-state index in [4.69, 9.17) is 4.74 Å². The number of hydrogen-bond donors (Lipinski definition) is 1. The molecule has 1 aromatic carbocycles. The number of ether oxygens (including phenoxy) is 1. The van der Waals surface area contributed by atoms with Gasteiger partial charge in [-0.3, -0.25) is 14.6 Å². The third-order valence-electron chi connectivity index (χ3n) is 5.14. The Labute approximate surface area is 185 Å². The molecule has 0 aliphatic heterocycles. The highest BCUT2D eigenvalue weighted by Gasteiger charge is 2.16. The van der Waals surface area contributed by atoms with Gasteiger partial charge in [0.15, 0.2) is 0 Å². The normalized spacial score (nSPS) is 10.8. The van der Waals surface area contributed by atoms with Gasteiger partial charge in [0.1, 0.15) is 23.4 Å². The van der Waals surface area contributed by atoms with Crippen molar-refractivity contribution in [3.63, 3.8) is 0 Å². The zero-order valence-electron chi connectivity index (χ0n) is 18.0. The second-order valence-corrected chi connectivity index (χ2v) is 7.55. The minimum absolute atomic E-state index is 0.138. The Balaban J connectivity index is 1.42. The molecule has 4 rings (SSSR count). The van der Waals surface area contributed by atoms with Crippen molar-refractivity contribution in [2.24, 2.45) is 0 Å². The molecule has 3 heterocycles. The zero-order chi connectivity index (χ0) is 22.5. The van der Waals surface area contributed by atoms with Gasteiger partial charge in [0.05, 0.1) is 13.1 Å². The molecule has 1 N–H and O–H groups in total.